The first kappa shape index (κ1) is 11.1. The van der Waals surface area contributed by atoms with Gasteiger partial charge in [-0.2, -0.15) is 0 Å². The van der Waals surface area contributed by atoms with Crippen molar-refractivity contribution in [2.24, 2.45) is 0 Å². The van der Waals surface area contributed by atoms with E-state index in [1.54, 1.807) is 0 Å². The lowest BCUT2D eigenvalue weighted by atomic mass is 10.5. The summed E-state index contributed by atoms with van der Waals surface area (Å²) in [6, 6.07) is 0. The molecular weight excluding hydrogens is 195 g/mol. The molecule has 1 unspecified atom stereocenters. The van der Waals surface area contributed by atoms with Crippen molar-refractivity contribution in [3.8, 4) is 0 Å². The van der Waals surface area contributed by atoms with Crippen LogP contribution >= 0.6 is 8.25 Å². The molecule has 0 heterocycles. The Morgan fingerprint density at radius 3 is 2.45 bits per heavy atom. The maximum absolute atomic E-state index is 9.90. The molecule has 0 fully saturated rings. The molecule has 1 N–H and O–H groups in total. The van der Waals surface area contributed by atoms with E-state index in [0.29, 0.717) is 0 Å². The van der Waals surface area contributed by atoms with E-state index in [9.17, 15) is 13.0 Å². The first-order chi connectivity index (χ1) is 5.13. The molecule has 11 heavy (non-hydrogen) atoms. The van der Waals surface area contributed by atoms with Gasteiger partial charge in [0, 0.05) is 0 Å². The van der Waals surface area contributed by atoms with E-state index in [0.717, 1.165) is 0 Å². The van der Waals surface area contributed by atoms with Crippen molar-refractivity contribution in [1.29, 1.82) is 0 Å². The van der Waals surface area contributed by atoms with Crippen LogP contribution in [0.15, 0.2) is 0 Å². The number of rotatable bonds is 6. The van der Waals surface area contributed by atoms with Gasteiger partial charge in [-0.3, -0.25) is 8.75 Å². The highest BCUT2D eigenvalue weighted by Gasteiger charge is 1.92. The second-order valence-electron chi connectivity index (χ2n) is 1.52. The molecule has 6 nitrogen and oxygen atoms in total. The maximum atomic E-state index is 9.90. The average molecular weight is 204 g/mol. The molecular formula is C3H9O6PS. The van der Waals surface area contributed by atoms with Gasteiger partial charge in [0.05, 0.1) is 13.2 Å². The minimum atomic E-state index is -2.89. The van der Waals surface area contributed by atoms with E-state index in [-0.39, 0.29) is 19.6 Å². The summed E-state index contributed by atoms with van der Waals surface area (Å²) >= 11 is 0. The molecule has 0 saturated heterocycles. The van der Waals surface area contributed by atoms with Crippen molar-refractivity contribution < 1.29 is 26.6 Å². The van der Waals surface area contributed by atoms with Gasteiger partial charge < -0.3 is 9.42 Å². The Bertz CT molecular complexity index is 180. The Labute approximate surface area is 66.2 Å². The minimum Gasteiger partial charge on any atom is -0.326 e. The molecule has 0 aromatic carbocycles. The molecule has 0 aromatic heterocycles. The smallest absolute Gasteiger partial charge is 0.316 e. The molecule has 0 aliphatic carbocycles. The zero-order chi connectivity index (χ0) is 8.69. The highest BCUT2D eigenvalue weighted by atomic mass is 32.2. The van der Waals surface area contributed by atoms with E-state index >= 15 is 0 Å². The normalized spacial score (nSPS) is 13.6. The SMILES string of the molecule is O=[PH](O)OCCCO[SH](=O)=O. The molecule has 0 amide bonds. The van der Waals surface area contributed by atoms with Gasteiger partial charge in [0.1, 0.15) is 0 Å². The summed E-state index contributed by atoms with van der Waals surface area (Å²) in [5.41, 5.74) is 0. The summed E-state index contributed by atoms with van der Waals surface area (Å²) in [5.74, 6) is 0. The molecule has 1 atom stereocenters. The van der Waals surface area contributed by atoms with Crippen LogP contribution in [0, 0.1) is 0 Å². The molecule has 0 aliphatic heterocycles. The Kier molecular flexibility index (Phi) is 6.79. The second-order valence-corrected chi connectivity index (χ2v) is 3.05. The van der Waals surface area contributed by atoms with Crippen LogP contribution in [0.2, 0.25) is 0 Å². The standard InChI is InChI=1S/C3H9O6PS/c4-10(5)8-2-1-3-9-11(6)7/h10-11H,1-3H2,(H,4,5). The third kappa shape index (κ3) is 10.1. The molecule has 0 bridgehead atoms. The molecule has 68 valence electrons. The predicted octanol–water partition coefficient (Wildman–Crippen LogP) is -0.682. The first-order valence-corrected chi connectivity index (χ1v) is 5.12. The van der Waals surface area contributed by atoms with Crippen molar-refractivity contribution in [3.63, 3.8) is 0 Å². The van der Waals surface area contributed by atoms with Crippen LogP contribution in [0.5, 0.6) is 0 Å². The lowest BCUT2D eigenvalue weighted by Crippen LogP contribution is -1.96. The van der Waals surface area contributed by atoms with Gasteiger partial charge in [0.25, 0.3) is 11.0 Å². The van der Waals surface area contributed by atoms with Crippen molar-refractivity contribution in [2.45, 2.75) is 6.42 Å². The van der Waals surface area contributed by atoms with Crippen LogP contribution in [0.1, 0.15) is 6.42 Å². The summed E-state index contributed by atoms with van der Waals surface area (Å²) in [6.45, 7) is 0.00528. The van der Waals surface area contributed by atoms with Crippen LogP contribution in [-0.4, -0.2) is 26.5 Å². The van der Waals surface area contributed by atoms with Gasteiger partial charge >= 0.3 is 8.25 Å². The molecule has 0 saturated carbocycles. The van der Waals surface area contributed by atoms with Crippen LogP contribution in [0.3, 0.4) is 0 Å². The van der Waals surface area contributed by atoms with Crippen molar-refractivity contribution in [2.75, 3.05) is 13.2 Å². The van der Waals surface area contributed by atoms with Gasteiger partial charge in [0.15, 0.2) is 0 Å². The molecule has 8 heteroatoms. The van der Waals surface area contributed by atoms with Crippen LogP contribution in [0.4, 0.5) is 0 Å². The van der Waals surface area contributed by atoms with Crippen LogP contribution < -0.4 is 0 Å². The summed E-state index contributed by atoms with van der Waals surface area (Å²) in [4.78, 5) is 8.12. The topological polar surface area (TPSA) is 89.9 Å². The monoisotopic (exact) mass is 204 g/mol. The van der Waals surface area contributed by atoms with E-state index < -0.39 is 19.2 Å². The third-order valence-electron chi connectivity index (χ3n) is 0.711. The summed E-state index contributed by atoms with van der Waals surface area (Å²) in [6.07, 6.45) is 0.278. The summed E-state index contributed by atoms with van der Waals surface area (Å²) < 4.78 is 37.8. The third-order valence-corrected chi connectivity index (χ3v) is 1.56. The summed E-state index contributed by atoms with van der Waals surface area (Å²) in [7, 11) is -5.71. The highest BCUT2D eigenvalue weighted by molar-refractivity contribution is 7.67. The summed E-state index contributed by atoms with van der Waals surface area (Å²) in [5, 5.41) is 0. The fraction of sp³-hybridized carbons (Fsp3) is 1.00. The lowest BCUT2D eigenvalue weighted by Gasteiger charge is -1.96. The van der Waals surface area contributed by atoms with Crippen molar-refractivity contribution >= 4 is 19.2 Å². The van der Waals surface area contributed by atoms with E-state index in [4.69, 9.17) is 4.89 Å². The second kappa shape index (κ2) is 6.75. The van der Waals surface area contributed by atoms with Crippen molar-refractivity contribution in [1.82, 2.24) is 0 Å². The minimum absolute atomic E-state index is 0.0200. The molecule has 0 rings (SSSR count). The number of thiol groups is 1. The number of hydrogen-bond donors (Lipinski definition) is 2. The zero-order valence-corrected chi connectivity index (χ0v) is 7.45. The van der Waals surface area contributed by atoms with Crippen molar-refractivity contribution in [3.05, 3.63) is 0 Å². The average Bonchev–Trinajstić information content (AvgIpc) is 1.85. The fourth-order valence-corrected chi connectivity index (χ4v) is 0.955. The van der Waals surface area contributed by atoms with Gasteiger partial charge in [-0.15, -0.1) is 0 Å². The van der Waals surface area contributed by atoms with E-state index in [2.05, 4.69) is 8.71 Å². The maximum Gasteiger partial charge on any atom is 0.316 e. The first-order valence-electron chi connectivity index (χ1n) is 2.76. The molecule has 0 spiro atoms. The number of hydrogen-bond acceptors (Lipinski definition) is 5. The van der Waals surface area contributed by atoms with E-state index in [1.807, 2.05) is 0 Å². The predicted molar refractivity (Wildman–Crippen MR) is 38.1 cm³/mol. The van der Waals surface area contributed by atoms with Crippen LogP contribution in [-0.2, 0) is 24.3 Å². The fourth-order valence-electron chi connectivity index (χ4n) is 0.357. The van der Waals surface area contributed by atoms with Crippen LogP contribution in [0.25, 0.3) is 0 Å². The zero-order valence-electron chi connectivity index (χ0n) is 5.56. The largest absolute Gasteiger partial charge is 0.326 e. The Morgan fingerprint density at radius 2 is 2.00 bits per heavy atom. The highest BCUT2D eigenvalue weighted by Crippen LogP contribution is 2.13. The molecule has 0 aliphatic rings. The van der Waals surface area contributed by atoms with Gasteiger partial charge in [-0.1, -0.05) is 0 Å². The van der Waals surface area contributed by atoms with Gasteiger partial charge in [-0.25, -0.2) is 8.42 Å². The Hall–Kier alpha value is 0.0600. The molecule has 0 radical (unpaired) electrons. The van der Waals surface area contributed by atoms with Gasteiger partial charge in [-0.05, 0) is 6.42 Å². The van der Waals surface area contributed by atoms with Gasteiger partial charge in [0.2, 0.25) is 0 Å². The Balaban J connectivity index is 3.09. The molecule has 0 aromatic rings. The quantitative estimate of drug-likeness (QED) is 0.338. The lowest BCUT2D eigenvalue weighted by molar-refractivity contribution is 0.242. The van der Waals surface area contributed by atoms with E-state index in [1.165, 1.54) is 0 Å². The Morgan fingerprint density at radius 1 is 1.36 bits per heavy atom.